The summed E-state index contributed by atoms with van der Waals surface area (Å²) in [5, 5.41) is 3.20. The Morgan fingerprint density at radius 3 is 2.77 bits per heavy atom. The zero-order valence-corrected chi connectivity index (χ0v) is 13.6. The Kier molecular flexibility index (Phi) is 6.14. The molecular weight excluding hydrogens is 304 g/mol. The van der Waals surface area contributed by atoms with Gasteiger partial charge < -0.3 is 15.0 Å². The molecule has 0 radical (unpaired) electrons. The maximum atomic E-state index is 12.1. The molecule has 1 N–H and O–H groups in total. The fraction of sp³-hybridized carbons (Fsp3) is 0.571. The van der Waals surface area contributed by atoms with Crippen molar-refractivity contribution < 1.29 is 14.3 Å². The average Bonchev–Trinajstić information content (AvgIpc) is 2.53. The van der Waals surface area contributed by atoms with E-state index in [2.05, 4.69) is 15.3 Å². The first-order valence-electron chi connectivity index (χ1n) is 7.22. The first-order valence-corrected chi connectivity index (χ1v) is 8.21. The van der Waals surface area contributed by atoms with E-state index in [4.69, 9.17) is 4.74 Å². The van der Waals surface area contributed by atoms with Crippen molar-refractivity contribution in [3.05, 3.63) is 17.5 Å². The molecule has 1 aromatic rings. The van der Waals surface area contributed by atoms with Gasteiger partial charge in [-0.25, -0.2) is 9.97 Å². The molecule has 0 unspecified atom stereocenters. The summed E-state index contributed by atoms with van der Waals surface area (Å²) in [5.74, 6) is 0.371. The Bertz CT molecular complexity index is 547. The largest absolute Gasteiger partial charge is 0.378 e. The average molecular weight is 324 g/mol. The van der Waals surface area contributed by atoms with Crippen LogP contribution in [0.25, 0.3) is 0 Å². The van der Waals surface area contributed by atoms with E-state index in [1.54, 1.807) is 11.0 Å². The second-order valence-electron chi connectivity index (χ2n) is 4.79. The van der Waals surface area contributed by atoms with Crippen LogP contribution in [0, 0.1) is 6.92 Å². The van der Waals surface area contributed by atoms with Gasteiger partial charge in [0.05, 0.1) is 19.8 Å². The number of nitrogens with one attached hydrogen (secondary N) is 1. The quantitative estimate of drug-likeness (QED) is 0.627. The highest BCUT2D eigenvalue weighted by Gasteiger charge is 2.18. The van der Waals surface area contributed by atoms with Gasteiger partial charge >= 0.3 is 0 Å². The predicted molar refractivity (Wildman–Crippen MR) is 82.9 cm³/mol. The Morgan fingerprint density at radius 2 is 2.09 bits per heavy atom. The monoisotopic (exact) mass is 324 g/mol. The molecule has 2 amide bonds. The van der Waals surface area contributed by atoms with Crippen LogP contribution in [0.15, 0.2) is 11.2 Å². The van der Waals surface area contributed by atoms with Gasteiger partial charge in [0.2, 0.25) is 5.91 Å². The number of rotatable bonds is 5. The van der Waals surface area contributed by atoms with Crippen LogP contribution >= 0.6 is 11.8 Å². The van der Waals surface area contributed by atoms with Gasteiger partial charge in [-0.15, -0.1) is 0 Å². The number of ether oxygens (including phenoxy) is 1. The van der Waals surface area contributed by atoms with Gasteiger partial charge in [-0.05, 0) is 18.7 Å². The second kappa shape index (κ2) is 8.09. The van der Waals surface area contributed by atoms with E-state index in [-0.39, 0.29) is 18.4 Å². The molecule has 1 saturated heterocycles. The van der Waals surface area contributed by atoms with E-state index in [0.717, 1.165) is 11.4 Å². The number of hydrogen-bond donors (Lipinski definition) is 1. The number of hydrogen-bond acceptors (Lipinski definition) is 6. The molecule has 22 heavy (non-hydrogen) atoms. The summed E-state index contributed by atoms with van der Waals surface area (Å²) in [7, 11) is 0. The molecule has 8 heteroatoms. The molecule has 1 aromatic heterocycles. The van der Waals surface area contributed by atoms with Crippen molar-refractivity contribution >= 4 is 23.6 Å². The number of aryl methyl sites for hydroxylation is 1. The number of carbonyl (C=O) groups excluding carboxylic acids is 2. The lowest BCUT2D eigenvalue weighted by Crippen LogP contribution is -2.45. The summed E-state index contributed by atoms with van der Waals surface area (Å²) in [6, 6.07) is 1.62. The summed E-state index contributed by atoms with van der Waals surface area (Å²) in [6.07, 6.45) is 0. The van der Waals surface area contributed by atoms with E-state index in [0.29, 0.717) is 37.2 Å². The van der Waals surface area contributed by atoms with Crippen LogP contribution in [-0.4, -0.2) is 65.3 Å². The highest BCUT2D eigenvalue weighted by Crippen LogP contribution is 2.13. The van der Waals surface area contributed by atoms with Crippen LogP contribution in [0.2, 0.25) is 0 Å². The zero-order chi connectivity index (χ0) is 15.9. The molecule has 2 rings (SSSR count). The maximum absolute atomic E-state index is 12.1. The van der Waals surface area contributed by atoms with Gasteiger partial charge in [0.25, 0.3) is 5.91 Å². The van der Waals surface area contributed by atoms with Crippen LogP contribution < -0.4 is 5.32 Å². The van der Waals surface area contributed by atoms with Crippen LogP contribution in [0.1, 0.15) is 23.1 Å². The third-order valence-electron chi connectivity index (χ3n) is 3.10. The van der Waals surface area contributed by atoms with Gasteiger partial charge in [0, 0.05) is 18.8 Å². The van der Waals surface area contributed by atoms with Gasteiger partial charge in [-0.1, -0.05) is 18.7 Å². The summed E-state index contributed by atoms with van der Waals surface area (Å²) in [5.41, 5.74) is 1.02. The molecular formula is C14H20N4O3S. The van der Waals surface area contributed by atoms with Crippen LogP contribution in [-0.2, 0) is 9.53 Å². The van der Waals surface area contributed by atoms with Crippen LogP contribution in [0.5, 0.6) is 0 Å². The minimum Gasteiger partial charge on any atom is -0.378 e. The topological polar surface area (TPSA) is 84.4 Å². The van der Waals surface area contributed by atoms with Crippen molar-refractivity contribution in [2.24, 2.45) is 0 Å². The van der Waals surface area contributed by atoms with Crippen molar-refractivity contribution in [2.75, 3.05) is 38.6 Å². The summed E-state index contributed by atoms with van der Waals surface area (Å²) in [4.78, 5) is 34.3. The summed E-state index contributed by atoms with van der Waals surface area (Å²) < 4.78 is 5.19. The van der Waals surface area contributed by atoms with Crippen LogP contribution in [0.3, 0.4) is 0 Å². The second-order valence-corrected chi connectivity index (χ2v) is 6.02. The number of thioether (sulfide) groups is 1. The van der Waals surface area contributed by atoms with Crippen molar-refractivity contribution in [3.8, 4) is 0 Å². The maximum Gasteiger partial charge on any atom is 0.270 e. The molecule has 7 nitrogen and oxygen atoms in total. The van der Waals surface area contributed by atoms with Gasteiger partial charge in [0.1, 0.15) is 5.69 Å². The highest BCUT2D eigenvalue weighted by molar-refractivity contribution is 7.99. The molecule has 0 saturated carbocycles. The van der Waals surface area contributed by atoms with Crippen molar-refractivity contribution in [1.82, 2.24) is 20.2 Å². The number of carbonyl (C=O) groups is 2. The third kappa shape index (κ3) is 4.67. The van der Waals surface area contributed by atoms with Crippen molar-refractivity contribution in [3.63, 3.8) is 0 Å². The van der Waals surface area contributed by atoms with Crippen LogP contribution in [0.4, 0.5) is 0 Å². The molecule has 120 valence electrons. The fourth-order valence-electron chi connectivity index (χ4n) is 2.02. The van der Waals surface area contributed by atoms with Crippen molar-refractivity contribution in [1.29, 1.82) is 0 Å². The molecule has 0 bridgehead atoms. The first kappa shape index (κ1) is 16.7. The minimum absolute atomic E-state index is 0.0296. The standard InChI is InChI=1S/C14H20N4O3S/c1-3-22-14-16-10(2)8-11(17-14)13(20)15-9-12(19)18-4-6-21-7-5-18/h8H,3-7,9H2,1-2H3,(H,15,20). The van der Waals surface area contributed by atoms with E-state index >= 15 is 0 Å². The molecule has 0 spiro atoms. The molecule has 1 aliphatic rings. The third-order valence-corrected chi connectivity index (χ3v) is 3.83. The van der Waals surface area contributed by atoms with Gasteiger partial charge in [-0.2, -0.15) is 0 Å². The first-order chi connectivity index (χ1) is 10.6. The molecule has 0 aromatic carbocycles. The van der Waals surface area contributed by atoms with E-state index < -0.39 is 0 Å². The Hall–Kier alpha value is -1.67. The van der Waals surface area contributed by atoms with Gasteiger partial charge in [0.15, 0.2) is 5.16 Å². The predicted octanol–water partition coefficient (Wildman–Crippen LogP) is 0.486. The Balaban J connectivity index is 1.92. The molecule has 2 heterocycles. The lowest BCUT2D eigenvalue weighted by molar-refractivity contribution is -0.134. The fourth-order valence-corrected chi connectivity index (χ4v) is 2.65. The lowest BCUT2D eigenvalue weighted by atomic mass is 10.3. The smallest absolute Gasteiger partial charge is 0.270 e. The Morgan fingerprint density at radius 1 is 1.36 bits per heavy atom. The normalized spacial score (nSPS) is 14.7. The summed E-state index contributed by atoms with van der Waals surface area (Å²) >= 11 is 1.48. The number of morpholine rings is 1. The minimum atomic E-state index is -0.356. The summed E-state index contributed by atoms with van der Waals surface area (Å²) in [6.45, 7) is 6.01. The highest BCUT2D eigenvalue weighted by atomic mass is 32.2. The molecule has 0 atom stereocenters. The molecule has 1 aliphatic heterocycles. The van der Waals surface area contributed by atoms with Gasteiger partial charge in [-0.3, -0.25) is 9.59 Å². The van der Waals surface area contributed by atoms with E-state index in [9.17, 15) is 9.59 Å². The number of aromatic nitrogens is 2. The SMILES string of the molecule is CCSc1nc(C)cc(C(=O)NCC(=O)N2CCOCC2)n1. The van der Waals surface area contributed by atoms with E-state index in [1.807, 2.05) is 13.8 Å². The Labute approximate surface area is 133 Å². The van der Waals surface area contributed by atoms with E-state index in [1.165, 1.54) is 11.8 Å². The number of amides is 2. The molecule has 1 fully saturated rings. The molecule has 0 aliphatic carbocycles. The van der Waals surface area contributed by atoms with Crippen molar-refractivity contribution in [2.45, 2.75) is 19.0 Å². The lowest BCUT2D eigenvalue weighted by Gasteiger charge is -2.26. The zero-order valence-electron chi connectivity index (χ0n) is 12.8. The number of nitrogens with zero attached hydrogens (tertiary/aromatic N) is 3.